The molecule has 2 aromatic carbocycles. The van der Waals surface area contributed by atoms with Crippen molar-refractivity contribution in [3.8, 4) is 5.75 Å². The fourth-order valence-electron chi connectivity index (χ4n) is 1.99. The van der Waals surface area contributed by atoms with Crippen molar-refractivity contribution in [2.75, 3.05) is 0 Å². The van der Waals surface area contributed by atoms with Crippen LogP contribution in [0.25, 0.3) is 0 Å². The fraction of sp³-hybridized carbons (Fsp3) is 0.263. The van der Waals surface area contributed by atoms with E-state index in [9.17, 15) is 9.59 Å². The number of hydrogen-bond acceptors (Lipinski definition) is 4. The van der Waals surface area contributed by atoms with Crippen LogP contribution in [-0.4, -0.2) is 18.0 Å². The van der Waals surface area contributed by atoms with E-state index in [0.29, 0.717) is 16.9 Å². The van der Waals surface area contributed by atoms with Crippen molar-refractivity contribution in [1.29, 1.82) is 0 Å². The van der Waals surface area contributed by atoms with Crippen molar-refractivity contribution in [1.82, 2.24) is 0 Å². The van der Waals surface area contributed by atoms with Crippen LogP contribution < -0.4 is 4.74 Å². The van der Waals surface area contributed by atoms with Gasteiger partial charge in [-0.15, -0.1) is 0 Å². The zero-order chi connectivity index (χ0) is 16.7. The lowest BCUT2D eigenvalue weighted by molar-refractivity contribution is -0.147. The monoisotopic (exact) mass is 312 g/mol. The van der Waals surface area contributed by atoms with Gasteiger partial charge in [0.2, 0.25) is 0 Å². The maximum Gasteiger partial charge on any atom is 0.343 e. The van der Waals surface area contributed by atoms with Crippen molar-refractivity contribution in [2.45, 2.75) is 32.8 Å². The van der Waals surface area contributed by atoms with E-state index in [1.54, 1.807) is 48.5 Å². The van der Waals surface area contributed by atoms with Crippen molar-refractivity contribution >= 4 is 11.9 Å². The Balaban J connectivity index is 2.08. The molecule has 0 aliphatic rings. The molecule has 0 aliphatic carbocycles. The standard InChI is InChI=1S/C19H20O4/c1-3-14(2)22-18(20)13-16-11-7-8-12-17(16)23-19(21)15-9-5-4-6-10-15/h4-12,14H,3,13H2,1-2H3. The molecule has 2 aromatic rings. The number of rotatable bonds is 6. The van der Waals surface area contributed by atoms with Gasteiger partial charge in [0.25, 0.3) is 0 Å². The number of esters is 2. The summed E-state index contributed by atoms with van der Waals surface area (Å²) in [6.07, 6.45) is 0.709. The van der Waals surface area contributed by atoms with Crippen LogP contribution in [0.3, 0.4) is 0 Å². The molecule has 0 saturated carbocycles. The number of carbonyl (C=O) groups is 2. The summed E-state index contributed by atoms with van der Waals surface area (Å²) < 4.78 is 10.7. The first-order chi connectivity index (χ1) is 11.1. The third-order valence-corrected chi connectivity index (χ3v) is 3.43. The number of ether oxygens (including phenoxy) is 2. The summed E-state index contributed by atoms with van der Waals surface area (Å²) in [7, 11) is 0. The molecule has 0 amide bonds. The van der Waals surface area contributed by atoms with Gasteiger partial charge in [0, 0.05) is 5.56 Å². The van der Waals surface area contributed by atoms with Gasteiger partial charge >= 0.3 is 11.9 Å². The number of hydrogen-bond donors (Lipinski definition) is 0. The molecule has 0 heterocycles. The summed E-state index contributed by atoms with van der Waals surface area (Å²) >= 11 is 0. The van der Waals surface area contributed by atoms with Crippen LogP contribution in [0, 0.1) is 0 Å². The molecule has 1 atom stereocenters. The molecule has 0 radical (unpaired) electrons. The van der Waals surface area contributed by atoms with Crippen molar-refractivity contribution in [2.24, 2.45) is 0 Å². The summed E-state index contributed by atoms with van der Waals surface area (Å²) in [6.45, 7) is 3.80. The molecule has 4 heteroatoms. The SMILES string of the molecule is CCC(C)OC(=O)Cc1ccccc1OC(=O)c1ccccc1. The Kier molecular flexibility index (Phi) is 5.92. The summed E-state index contributed by atoms with van der Waals surface area (Å²) in [6, 6.07) is 15.7. The molecule has 0 aliphatic heterocycles. The molecule has 0 N–H and O–H groups in total. The second-order valence-electron chi connectivity index (χ2n) is 5.25. The molecule has 0 fully saturated rings. The number of carbonyl (C=O) groups excluding carboxylic acids is 2. The van der Waals surface area contributed by atoms with E-state index in [-0.39, 0.29) is 18.5 Å². The predicted molar refractivity (Wildman–Crippen MR) is 87.4 cm³/mol. The molecule has 0 spiro atoms. The van der Waals surface area contributed by atoms with E-state index < -0.39 is 5.97 Å². The van der Waals surface area contributed by atoms with Gasteiger partial charge in [-0.1, -0.05) is 43.3 Å². The molecule has 0 saturated heterocycles. The fourth-order valence-corrected chi connectivity index (χ4v) is 1.99. The van der Waals surface area contributed by atoms with Crippen molar-refractivity contribution in [3.05, 3.63) is 65.7 Å². The van der Waals surface area contributed by atoms with Gasteiger partial charge in [0.05, 0.1) is 18.1 Å². The summed E-state index contributed by atoms with van der Waals surface area (Å²) in [4.78, 5) is 24.1. The smallest absolute Gasteiger partial charge is 0.343 e. The Morgan fingerprint density at radius 2 is 1.65 bits per heavy atom. The molecular weight excluding hydrogens is 292 g/mol. The minimum absolute atomic E-state index is 0.0720. The highest BCUT2D eigenvalue weighted by atomic mass is 16.5. The quantitative estimate of drug-likeness (QED) is 0.601. The lowest BCUT2D eigenvalue weighted by atomic mass is 10.1. The normalized spacial score (nSPS) is 11.6. The maximum absolute atomic E-state index is 12.1. The molecule has 2 rings (SSSR count). The van der Waals surface area contributed by atoms with Gasteiger partial charge < -0.3 is 9.47 Å². The Hall–Kier alpha value is -2.62. The molecular formula is C19H20O4. The van der Waals surface area contributed by atoms with Crippen LogP contribution in [0.4, 0.5) is 0 Å². The van der Waals surface area contributed by atoms with E-state index >= 15 is 0 Å². The third-order valence-electron chi connectivity index (χ3n) is 3.43. The van der Waals surface area contributed by atoms with Gasteiger partial charge in [-0.3, -0.25) is 4.79 Å². The summed E-state index contributed by atoms with van der Waals surface area (Å²) in [5.41, 5.74) is 1.09. The first-order valence-electron chi connectivity index (χ1n) is 7.64. The molecule has 1 unspecified atom stereocenters. The van der Waals surface area contributed by atoms with Crippen LogP contribution in [0.5, 0.6) is 5.75 Å². The average Bonchev–Trinajstić information content (AvgIpc) is 2.57. The first-order valence-corrected chi connectivity index (χ1v) is 7.64. The number of para-hydroxylation sites is 1. The molecule has 23 heavy (non-hydrogen) atoms. The van der Waals surface area contributed by atoms with E-state index in [4.69, 9.17) is 9.47 Å². The number of benzene rings is 2. The van der Waals surface area contributed by atoms with Crippen molar-refractivity contribution in [3.63, 3.8) is 0 Å². The lowest BCUT2D eigenvalue weighted by Crippen LogP contribution is -2.17. The van der Waals surface area contributed by atoms with Gasteiger partial charge in [-0.25, -0.2) is 4.79 Å². The highest BCUT2D eigenvalue weighted by Gasteiger charge is 2.15. The van der Waals surface area contributed by atoms with Crippen LogP contribution in [0.15, 0.2) is 54.6 Å². The molecule has 0 bridgehead atoms. The largest absolute Gasteiger partial charge is 0.462 e. The van der Waals surface area contributed by atoms with Gasteiger partial charge in [0.1, 0.15) is 5.75 Å². The third kappa shape index (κ3) is 4.95. The Morgan fingerprint density at radius 3 is 2.35 bits per heavy atom. The second-order valence-corrected chi connectivity index (χ2v) is 5.25. The highest BCUT2D eigenvalue weighted by Crippen LogP contribution is 2.20. The van der Waals surface area contributed by atoms with Gasteiger partial charge in [-0.2, -0.15) is 0 Å². The van der Waals surface area contributed by atoms with Crippen LogP contribution in [0.2, 0.25) is 0 Å². The second kappa shape index (κ2) is 8.13. The van der Waals surface area contributed by atoms with E-state index in [1.807, 2.05) is 19.9 Å². The predicted octanol–water partition coefficient (Wildman–Crippen LogP) is 3.79. The first kappa shape index (κ1) is 16.7. The van der Waals surface area contributed by atoms with Gasteiger partial charge in [-0.05, 0) is 31.5 Å². The average molecular weight is 312 g/mol. The Labute approximate surface area is 136 Å². The molecule has 0 aromatic heterocycles. The van der Waals surface area contributed by atoms with Crippen LogP contribution >= 0.6 is 0 Å². The zero-order valence-corrected chi connectivity index (χ0v) is 13.3. The minimum Gasteiger partial charge on any atom is -0.462 e. The van der Waals surface area contributed by atoms with Gasteiger partial charge in [0.15, 0.2) is 0 Å². The maximum atomic E-state index is 12.1. The minimum atomic E-state index is -0.451. The van der Waals surface area contributed by atoms with Crippen LogP contribution in [0.1, 0.15) is 36.2 Å². The highest BCUT2D eigenvalue weighted by molar-refractivity contribution is 5.91. The molecule has 120 valence electrons. The topological polar surface area (TPSA) is 52.6 Å². The zero-order valence-electron chi connectivity index (χ0n) is 13.3. The van der Waals surface area contributed by atoms with Crippen molar-refractivity contribution < 1.29 is 19.1 Å². The summed E-state index contributed by atoms with van der Waals surface area (Å²) in [5, 5.41) is 0. The van der Waals surface area contributed by atoms with E-state index in [1.165, 1.54) is 0 Å². The van der Waals surface area contributed by atoms with E-state index in [0.717, 1.165) is 6.42 Å². The lowest BCUT2D eigenvalue weighted by Gasteiger charge is -2.13. The van der Waals surface area contributed by atoms with E-state index in [2.05, 4.69) is 0 Å². The molecule has 4 nitrogen and oxygen atoms in total. The Bertz CT molecular complexity index is 664. The summed E-state index contributed by atoms with van der Waals surface area (Å²) in [5.74, 6) is -0.404. The Morgan fingerprint density at radius 1 is 1.00 bits per heavy atom. The van der Waals surface area contributed by atoms with Crippen LogP contribution in [-0.2, 0) is 16.0 Å².